The number of hydrogen-bond donors (Lipinski definition) is 1. The molecular formula is C30H29ClN4O3. The van der Waals surface area contributed by atoms with E-state index in [-0.39, 0.29) is 11.3 Å². The molecular weight excluding hydrogens is 500 g/mol. The molecule has 7 nitrogen and oxygen atoms in total. The topological polar surface area (TPSA) is 71.0 Å². The van der Waals surface area contributed by atoms with E-state index in [2.05, 4.69) is 16.4 Å². The third kappa shape index (κ3) is 3.68. The molecule has 0 saturated carbocycles. The average Bonchev–Trinajstić information content (AvgIpc) is 3.37. The third-order valence-electron chi connectivity index (χ3n) is 8.22. The molecule has 0 aliphatic carbocycles. The Morgan fingerprint density at radius 1 is 1.16 bits per heavy atom. The smallest absolute Gasteiger partial charge is 0.319 e. The minimum absolute atomic E-state index is 0.0185. The van der Waals surface area contributed by atoms with Crippen molar-refractivity contribution in [2.24, 2.45) is 0 Å². The second-order valence-electron chi connectivity index (χ2n) is 10.7. The Labute approximate surface area is 226 Å². The molecule has 4 aromatic rings. The molecule has 8 heteroatoms. The van der Waals surface area contributed by atoms with Crippen molar-refractivity contribution in [2.75, 3.05) is 44.8 Å². The summed E-state index contributed by atoms with van der Waals surface area (Å²) in [5, 5.41) is 13.7. The second-order valence-corrected chi connectivity index (χ2v) is 11.1. The van der Waals surface area contributed by atoms with E-state index in [0.29, 0.717) is 42.1 Å². The Bertz CT molecular complexity index is 1620. The maximum absolute atomic E-state index is 10.5. The first-order valence-electron chi connectivity index (χ1n) is 13.1. The van der Waals surface area contributed by atoms with E-state index in [1.807, 2.05) is 37.4 Å². The first-order chi connectivity index (χ1) is 18.4. The Morgan fingerprint density at radius 2 is 2.03 bits per heavy atom. The maximum Gasteiger partial charge on any atom is 0.319 e. The monoisotopic (exact) mass is 528 g/mol. The van der Waals surface area contributed by atoms with Crippen LogP contribution in [0.25, 0.3) is 32.8 Å². The van der Waals surface area contributed by atoms with Crippen LogP contribution in [0.1, 0.15) is 19.3 Å². The van der Waals surface area contributed by atoms with Gasteiger partial charge in [0.25, 0.3) is 0 Å². The number of phenolic OH excluding ortho intramolecular Hbond substituents is 1. The normalized spacial score (nSPS) is 21.1. The Morgan fingerprint density at radius 3 is 2.92 bits per heavy atom. The molecule has 3 aliphatic rings. The fourth-order valence-corrected chi connectivity index (χ4v) is 6.73. The number of halogens is 1. The lowest BCUT2D eigenvalue weighted by Gasteiger charge is -2.31. The van der Waals surface area contributed by atoms with E-state index in [9.17, 15) is 5.11 Å². The number of anilines is 1. The van der Waals surface area contributed by atoms with E-state index in [4.69, 9.17) is 31.0 Å². The van der Waals surface area contributed by atoms with Gasteiger partial charge in [-0.3, -0.25) is 4.90 Å². The third-order valence-corrected chi connectivity index (χ3v) is 8.59. The van der Waals surface area contributed by atoms with Gasteiger partial charge in [-0.15, -0.1) is 0 Å². The van der Waals surface area contributed by atoms with Crippen molar-refractivity contribution in [3.8, 4) is 28.6 Å². The van der Waals surface area contributed by atoms with Gasteiger partial charge >= 0.3 is 6.01 Å². The SMILES string of the molecule is C=C1CN2CCC[C@@]2(COc2nc3c4c(c(Cl)c(-c5cc(O)cc6ccccc56)cc4n2)OCCN3C)C1. The van der Waals surface area contributed by atoms with E-state index < -0.39 is 0 Å². The van der Waals surface area contributed by atoms with Gasteiger partial charge < -0.3 is 19.5 Å². The van der Waals surface area contributed by atoms with Gasteiger partial charge in [0.1, 0.15) is 24.8 Å². The zero-order valence-corrected chi connectivity index (χ0v) is 22.1. The van der Waals surface area contributed by atoms with Crippen molar-refractivity contribution in [3.63, 3.8) is 0 Å². The van der Waals surface area contributed by atoms with E-state index >= 15 is 0 Å². The molecule has 0 spiro atoms. The van der Waals surface area contributed by atoms with Crippen LogP contribution in [-0.4, -0.2) is 65.4 Å². The van der Waals surface area contributed by atoms with Crippen LogP contribution in [0.15, 0.2) is 54.6 Å². The summed E-state index contributed by atoms with van der Waals surface area (Å²) in [5.41, 5.74) is 3.50. The first-order valence-corrected chi connectivity index (χ1v) is 13.4. The number of nitrogens with zero attached hydrogens (tertiary/aromatic N) is 4. The van der Waals surface area contributed by atoms with Crippen LogP contribution < -0.4 is 14.4 Å². The van der Waals surface area contributed by atoms with E-state index in [1.165, 1.54) is 12.0 Å². The molecule has 0 amide bonds. The molecule has 2 saturated heterocycles. The lowest BCUT2D eigenvalue weighted by Crippen LogP contribution is -2.43. The predicted molar refractivity (Wildman–Crippen MR) is 151 cm³/mol. The molecule has 0 unspecified atom stereocenters. The van der Waals surface area contributed by atoms with E-state index in [1.54, 1.807) is 12.1 Å². The lowest BCUT2D eigenvalue weighted by atomic mass is 9.94. The fraction of sp³-hybridized carbons (Fsp3) is 0.333. The average molecular weight is 529 g/mol. The predicted octanol–water partition coefficient (Wildman–Crippen LogP) is 5.81. The van der Waals surface area contributed by atoms with Crippen LogP contribution in [-0.2, 0) is 0 Å². The fourth-order valence-electron chi connectivity index (χ4n) is 6.43. The maximum atomic E-state index is 10.5. The molecule has 2 fully saturated rings. The molecule has 1 N–H and O–H groups in total. The lowest BCUT2D eigenvalue weighted by molar-refractivity contribution is 0.108. The zero-order chi connectivity index (χ0) is 26.0. The number of aromatic nitrogens is 2. The molecule has 0 bridgehead atoms. The highest BCUT2D eigenvalue weighted by molar-refractivity contribution is 6.37. The molecule has 1 aromatic heterocycles. The summed E-state index contributed by atoms with van der Waals surface area (Å²) in [6, 6.07) is 13.7. The summed E-state index contributed by atoms with van der Waals surface area (Å²) < 4.78 is 12.6. The number of benzene rings is 3. The standard InChI is InChI=1S/C30H29ClN4O3/c1-18-15-30(8-5-9-35(30)16-18)17-38-29-32-24-14-23(22-13-20(36)12-19-6-3-4-7-21(19)22)26(31)27-25(24)28(33-29)34(2)10-11-37-27/h3-4,6-7,12-14,36H,1,5,8-11,15-17H2,2H3/t30-/m0/s1. The molecule has 7 rings (SSSR count). The van der Waals surface area contributed by atoms with Gasteiger partial charge in [0.15, 0.2) is 5.75 Å². The minimum atomic E-state index is -0.0185. The van der Waals surface area contributed by atoms with Crippen molar-refractivity contribution < 1.29 is 14.6 Å². The van der Waals surface area contributed by atoms with Crippen molar-refractivity contribution in [1.29, 1.82) is 0 Å². The van der Waals surface area contributed by atoms with Gasteiger partial charge in [0.05, 0.1) is 28.0 Å². The molecule has 3 aliphatic heterocycles. The van der Waals surface area contributed by atoms with Gasteiger partial charge in [-0.05, 0) is 60.3 Å². The van der Waals surface area contributed by atoms with Crippen LogP contribution in [0.5, 0.6) is 17.5 Å². The van der Waals surface area contributed by atoms with Crippen LogP contribution in [0.3, 0.4) is 0 Å². The number of hydrogen-bond acceptors (Lipinski definition) is 7. The number of ether oxygens (including phenoxy) is 2. The van der Waals surface area contributed by atoms with Crippen molar-refractivity contribution in [3.05, 3.63) is 59.6 Å². The Balaban J connectivity index is 1.38. The summed E-state index contributed by atoms with van der Waals surface area (Å²) >= 11 is 7.04. The van der Waals surface area contributed by atoms with Crippen molar-refractivity contribution in [2.45, 2.75) is 24.8 Å². The Hall–Kier alpha value is -3.55. The number of likely N-dealkylation sites (N-methyl/N-ethyl adjacent to an activating group) is 1. The molecule has 3 aromatic carbocycles. The van der Waals surface area contributed by atoms with Crippen LogP contribution in [0.2, 0.25) is 5.02 Å². The molecule has 0 radical (unpaired) electrons. The van der Waals surface area contributed by atoms with Gasteiger partial charge in [0, 0.05) is 19.2 Å². The molecule has 194 valence electrons. The summed E-state index contributed by atoms with van der Waals surface area (Å²) in [5.74, 6) is 1.47. The van der Waals surface area contributed by atoms with Gasteiger partial charge in [-0.2, -0.15) is 9.97 Å². The minimum Gasteiger partial charge on any atom is -0.508 e. The van der Waals surface area contributed by atoms with E-state index in [0.717, 1.165) is 59.0 Å². The van der Waals surface area contributed by atoms with Crippen LogP contribution in [0, 0.1) is 0 Å². The largest absolute Gasteiger partial charge is 0.508 e. The molecule has 38 heavy (non-hydrogen) atoms. The molecule has 4 heterocycles. The molecule has 1 atom stereocenters. The van der Waals surface area contributed by atoms with Crippen LogP contribution in [0.4, 0.5) is 5.82 Å². The number of aromatic hydroxyl groups is 1. The summed E-state index contributed by atoms with van der Waals surface area (Å²) in [4.78, 5) is 14.3. The second kappa shape index (κ2) is 8.75. The zero-order valence-electron chi connectivity index (χ0n) is 21.3. The van der Waals surface area contributed by atoms with Crippen molar-refractivity contribution >= 4 is 39.1 Å². The van der Waals surface area contributed by atoms with Gasteiger partial charge in [-0.25, -0.2) is 0 Å². The highest BCUT2D eigenvalue weighted by Gasteiger charge is 2.46. The Kier molecular flexibility index (Phi) is 5.42. The highest BCUT2D eigenvalue weighted by Crippen LogP contribution is 2.47. The number of rotatable bonds is 4. The summed E-state index contributed by atoms with van der Waals surface area (Å²) in [6.45, 7) is 7.90. The summed E-state index contributed by atoms with van der Waals surface area (Å²) in [6.07, 6.45) is 3.22. The summed E-state index contributed by atoms with van der Waals surface area (Å²) in [7, 11) is 1.99. The quantitative estimate of drug-likeness (QED) is 0.335. The van der Waals surface area contributed by atoms with Crippen LogP contribution >= 0.6 is 11.6 Å². The highest BCUT2D eigenvalue weighted by atomic mass is 35.5. The van der Waals surface area contributed by atoms with Crippen molar-refractivity contribution in [1.82, 2.24) is 14.9 Å². The number of fused-ring (bicyclic) bond motifs is 2. The van der Waals surface area contributed by atoms with Gasteiger partial charge in [-0.1, -0.05) is 48.0 Å². The number of phenols is 1. The van der Waals surface area contributed by atoms with Gasteiger partial charge in [0.2, 0.25) is 0 Å². The first kappa shape index (κ1) is 23.6.